The normalized spacial score (nSPS) is 10.6. The largest absolute Gasteiger partial charge is 0.508 e. The van der Waals surface area contributed by atoms with Crippen molar-refractivity contribution in [2.75, 3.05) is 0 Å². The van der Waals surface area contributed by atoms with Crippen molar-refractivity contribution in [3.63, 3.8) is 0 Å². The number of nitrogens with zero attached hydrogens (tertiary/aromatic N) is 1. The van der Waals surface area contributed by atoms with Gasteiger partial charge in [-0.25, -0.2) is 4.39 Å². The van der Waals surface area contributed by atoms with Gasteiger partial charge in [0, 0.05) is 23.9 Å². The molecule has 0 aliphatic heterocycles. The van der Waals surface area contributed by atoms with E-state index in [4.69, 9.17) is 5.11 Å². The van der Waals surface area contributed by atoms with Crippen LogP contribution in [0.5, 0.6) is 5.75 Å². The highest BCUT2D eigenvalue weighted by molar-refractivity contribution is 7.98. The van der Waals surface area contributed by atoms with Crippen LogP contribution in [0.15, 0.2) is 46.2 Å². The maximum atomic E-state index is 13.2. The van der Waals surface area contributed by atoms with E-state index in [-0.39, 0.29) is 5.75 Å². The second-order valence-corrected chi connectivity index (χ2v) is 4.94. The van der Waals surface area contributed by atoms with E-state index >= 15 is 0 Å². The first-order valence-electron chi connectivity index (χ1n) is 5.33. The average Bonchev–Trinajstić information content (AvgIpc) is 2.35. The second-order valence-electron chi connectivity index (χ2n) is 3.89. The number of pyridine rings is 1. The van der Waals surface area contributed by atoms with Gasteiger partial charge in [0.25, 0.3) is 5.56 Å². The van der Waals surface area contributed by atoms with Crippen LogP contribution in [0.2, 0.25) is 0 Å². The molecule has 2 rings (SSSR count). The number of benzene rings is 1. The summed E-state index contributed by atoms with van der Waals surface area (Å²) in [5, 5.41) is 9.15. The minimum atomic E-state index is -0.742. The Kier molecular flexibility index (Phi) is 3.72. The van der Waals surface area contributed by atoms with Gasteiger partial charge in [-0.3, -0.25) is 4.79 Å². The molecule has 0 amide bonds. The summed E-state index contributed by atoms with van der Waals surface area (Å²) in [5.41, 5.74) is 0.399. The van der Waals surface area contributed by atoms with E-state index in [0.29, 0.717) is 10.6 Å². The van der Waals surface area contributed by atoms with Crippen LogP contribution >= 0.6 is 11.8 Å². The Labute approximate surface area is 108 Å². The number of hydrogen-bond donors (Lipinski definition) is 1. The molecular formula is C13H12FNO2S. The quantitative estimate of drug-likeness (QED) is 0.867. The highest BCUT2D eigenvalue weighted by Crippen LogP contribution is 2.23. The SMILES string of the molecule is Cn1cc(SCc2ccc(O)cc2)cc(F)c1=O. The maximum Gasteiger partial charge on any atom is 0.286 e. The summed E-state index contributed by atoms with van der Waals surface area (Å²) in [4.78, 5) is 11.9. The molecule has 0 atom stereocenters. The number of aryl methyl sites for hydroxylation is 1. The van der Waals surface area contributed by atoms with Crippen LogP contribution in [-0.4, -0.2) is 9.67 Å². The predicted molar refractivity (Wildman–Crippen MR) is 69.3 cm³/mol. The summed E-state index contributed by atoms with van der Waals surface area (Å²) < 4.78 is 14.5. The van der Waals surface area contributed by atoms with Crippen LogP contribution in [0.25, 0.3) is 0 Å². The molecule has 0 spiro atoms. The molecule has 18 heavy (non-hydrogen) atoms. The molecule has 0 aliphatic rings. The van der Waals surface area contributed by atoms with Crippen LogP contribution in [0.1, 0.15) is 5.56 Å². The topological polar surface area (TPSA) is 42.2 Å². The van der Waals surface area contributed by atoms with Gasteiger partial charge >= 0.3 is 0 Å². The van der Waals surface area contributed by atoms with Crippen molar-refractivity contribution in [1.82, 2.24) is 4.57 Å². The molecule has 0 radical (unpaired) electrons. The van der Waals surface area contributed by atoms with Crippen molar-refractivity contribution >= 4 is 11.8 Å². The molecule has 94 valence electrons. The molecule has 5 heteroatoms. The van der Waals surface area contributed by atoms with Crippen LogP contribution in [0.4, 0.5) is 4.39 Å². The van der Waals surface area contributed by atoms with E-state index < -0.39 is 11.4 Å². The lowest BCUT2D eigenvalue weighted by Gasteiger charge is -2.05. The Morgan fingerprint density at radius 1 is 1.33 bits per heavy atom. The summed E-state index contributed by atoms with van der Waals surface area (Å²) in [5.74, 6) is 0.128. The van der Waals surface area contributed by atoms with Crippen LogP contribution in [0.3, 0.4) is 0 Å². The van der Waals surface area contributed by atoms with E-state index in [1.165, 1.54) is 29.4 Å². The fourth-order valence-electron chi connectivity index (χ4n) is 1.48. The molecule has 3 nitrogen and oxygen atoms in total. The van der Waals surface area contributed by atoms with E-state index in [1.807, 2.05) is 0 Å². The number of thioether (sulfide) groups is 1. The van der Waals surface area contributed by atoms with E-state index in [0.717, 1.165) is 5.56 Å². The summed E-state index contributed by atoms with van der Waals surface area (Å²) in [7, 11) is 1.52. The van der Waals surface area contributed by atoms with Crippen molar-refractivity contribution in [1.29, 1.82) is 0 Å². The smallest absolute Gasteiger partial charge is 0.286 e. The molecule has 0 bridgehead atoms. The van der Waals surface area contributed by atoms with Gasteiger partial charge in [0.2, 0.25) is 0 Å². The van der Waals surface area contributed by atoms with Gasteiger partial charge in [-0.15, -0.1) is 11.8 Å². The van der Waals surface area contributed by atoms with Gasteiger partial charge in [0.1, 0.15) is 5.75 Å². The van der Waals surface area contributed by atoms with Crippen LogP contribution in [-0.2, 0) is 12.8 Å². The first-order valence-corrected chi connectivity index (χ1v) is 6.32. The summed E-state index contributed by atoms with van der Waals surface area (Å²) >= 11 is 1.44. The van der Waals surface area contributed by atoms with Crippen molar-refractivity contribution in [2.24, 2.45) is 7.05 Å². The van der Waals surface area contributed by atoms with Gasteiger partial charge in [-0.2, -0.15) is 0 Å². The van der Waals surface area contributed by atoms with Crippen molar-refractivity contribution < 1.29 is 9.50 Å². The Bertz CT molecular complexity index is 581. The molecule has 1 aromatic carbocycles. The molecule has 1 heterocycles. The molecule has 0 saturated heterocycles. The van der Waals surface area contributed by atoms with Crippen LogP contribution in [0, 0.1) is 5.82 Å². The Morgan fingerprint density at radius 3 is 2.61 bits per heavy atom. The van der Waals surface area contributed by atoms with E-state index in [9.17, 15) is 9.18 Å². The fourth-order valence-corrected chi connectivity index (χ4v) is 2.42. The number of phenolic OH excluding ortho intramolecular Hbond substituents is 1. The molecule has 1 N–H and O–H groups in total. The Balaban J connectivity index is 2.11. The third-order valence-electron chi connectivity index (χ3n) is 2.46. The van der Waals surface area contributed by atoms with E-state index in [1.54, 1.807) is 30.5 Å². The minimum absolute atomic E-state index is 0.219. The third-order valence-corrected chi connectivity index (χ3v) is 3.49. The van der Waals surface area contributed by atoms with Crippen molar-refractivity contribution in [3.8, 4) is 5.75 Å². The van der Waals surface area contributed by atoms with Gasteiger partial charge in [0.15, 0.2) is 5.82 Å². The van der Waals surface area contributed by atoms with Gasteiger partial charge < -0.3 is 9.67 Å². The van der Waals surface area contributed by atoms with Gasteiger partial charge in [0.05, 0.1) is 0 Å². The molecule has 0 fully saturated rings. The molecule has 1 aromatic heterocycles. The van der Waals surface area contributed by atoms with Crippen molar-refractivity contribution in [2.45, 2.75) is 10.6 Å². The fraction of sp³-hybridized carbons (Fsp3) is 0.154. The average molecular weight is 265 g/mol. The Hall–Kier alpha value is -1.75. The monoisotopic (exact) mass is 265 g/mol. The zero-order valence-corrected chi connectivity index (χ0v) is 10.6. The number of hydrogen-bond acceptors (Lipinski definition) is 3. The minimum Gasteiger partial charge on any atom is -0.508 e. The number of rotatable bonds is 3. The summed E-state index contributed by atoms with van der Waals surface area (Å²) in [6.07, 6.45) is 1.61. The van der Waals surface area contributed by atoms with Crippen molar-refractivity contribution in [3.05, 3.63) is 58.3 Å². The standard InChI is InChI=1S/C13H12FNO2S/c1-15-7-11(6-12(14)13(15)17)18-8-9-2-4-10(16)5-3-9/h2-7,16H,8H2,1H3. The first kappa shape index (κ1) is 12.7. The summed E-state index contributed by atoms with van der Waals surface area (Å²) in [6, 6.07) is 8.07. The number of phenols is 1. The van der Waals surface area contributed by atoms with E-state index in [2.05, 4.69) is 0 Å². The molecule has 0 saturated carbocycles. The van der Waals surface area contributed by atoms with Crippen LogP contribution < -0.4 is 5.56 Å². The summed E-state index contributed by atoms with van der Waals surface area (Å²) in [6.45, 7) is 0. The molecule has 2 aromatic rings. The predicted octanol–water partition coefficient (Wildman–Crippen LogP) is 2.52. The highest BCUT2D eigenvalue weighted by atomic mass is 32.2. The first-order chi connectivity index (χ1) is 8.56. The Morgan fingerprint density at radius 2 is 2.00 bits per heavy atom. The lowest BCUT2D eigenvalue weighted by Crippen LogP contribution is -2.19. The third kappa shape index (κ3) is 2.92. The molecule has 0 unspecified atom stereocenters. The molecular weight excluding hydrogens is 253 g/mol. The number of halogens is 1. The molecule has 0 aliphatic carbocycles. The van der Waals surface area contributed by atoms with Gasteiger partial charge in [-0.1, -0.05) is 12.1 Å². The zero-order valence-electron chi connectivity index (χ0n) is 9.76. The number of aromatic nitrogens is 1. The zero-order chi connectivity index (χ0) is 13.1. The highest BCUT2D eigenvalue weighted by Gasteiger charge is 2.04. The number of aromatic hydroxyl groups is 1. The second kappa shape index (κ2) is 5.27. The van der Waals surface area contributed by atoms with Gasteiger partial charge in [-0.05, 0) is 23.8 Å². The lowest BCUT2D eigenvalue weighted by atomic mass is 10.2. The maximum absolute atomic E-state index is 13.2. The lowest BCUT2D eigenvalue weighted by molar-refractivity contribution is 0.475.